The van der Waals surface area contributed by atoms with E-state index >= 15 is 0 Å². The normalized spacial score (nSPS) is 11.1. The van der Waals surface area contributed by atoms with E-state index in [4.69, 9.17) is 27.4 Å². The maximum Gasteiger partial charge on any atom is 0.123 e. The van der Waals surface area contributed by atoms with Crippen molar-refractivity contribution in [1.82, 2.24) is 0 Å². The molecule has 100 valence electrons. The Morgan fingerprint density at radius 1 is 1.22 bits per heavy atom. The van der Waals surface area contributed by atoms with Gasteiger partial charge in [-0.05, 0) is 24.0 Å². The molecule has 0 atom stereocenters. The molecule has 3 nitrogen and oxygen atoms in total. The van der Waals surface area contributed by atoms with E-state index < -0.39 is 0 Å². The predicted octanol–water partition coefficient (Wildman–Crippen LogP) is 3.14. The van der Waals surface area contributed by atoms with Crippen molar-refractivity contribution in [1.29, 1.82) is 0 Å². The minimum atomic E-state index is 0.255. The lowest BCUT2D eigenvalue weighted by Crippen LogP contribution is -2.12. The van der Waals surface area contributed by atoms with Crippen LogP contribution in [0.4, 0.5) is 0 Å². The molecule has 0 amide bonds. The number of hydrogen-bond acceptors (Lipinski definition) is 3. The van der Waals surface area contributed by atoms with Crippen molar-refractivity contribution in [3.63, 3.8) is 0 Å². The van der Waals surface area contributed by atoms with E-state index in [2.05, 4.69) is 20.8 Å². The minimum Gasteiger partial charge on any atom is -0.497 e. The Balaban J connectivity index is 2.76. The smallest absolute Gasteiger partial charge is 0.123 e. The topological polar surface area (TPSA) is 44.5 Å². The van der Waals surface area contributed by atoms with Crippen molar-refractivity contribution in [3.8, 4) is 11.5 Å². The lowest BCUT2D eigenvalue weighted by Gasteiger charge is -2.18. The van der Waals surface area contributed by atoms with Crippen molar-refractivity contribution in [2.24, 2.45) is 11.1 Å². The fourth-order valence-electron chi connectivity index (χ4n) is 1.39. The van der Waals surface area contributed by atoms with Gasteiger partial charge in [-0.2, -0.15) is 0 Å². The van der Waals surface area contributed by atoms with E-state index in [9.17, 15) is 0 Å². The van der Waals surface area contributed by atoms with Gasteiger partial charge in [-0.1, -0.05) is 33.0 Å². The summed E-state index contributed by atoms with van der Waals surface area (Å²) in [4.78, 5) is 0.342. The molecule has 1 rings (SSSR count). The van der Waals surface area contributed by atoms with Crippen LogP contribution in [0.15, 0.2) is 18.2 Å². The van der Waals surface area contributed by atoms with Crippen LogP contribution in [-0.4, -0.2) is 18.7 Å². The van der Waals surface area contributed by atoms with Gasteiger partial charge in [0.05, 0.1) is 13.7 Å². The Hall–Kier alpha value is -1.29. The summed E-state index contributed by atoms with van der Waals surface area (Å²) in [5.74, 6) is 1.44. The molecule has 0 unspecified atom stereocenters. The Morgan fingerprint density at radius 2 is 1.83 bits per heavy atom. The monoisotopic (exact) mass is 267 g/mol. The highest BCUT2D eigenvalue weighted by molar-refractivity contribution is 7.80. The molecule has 0 aromatic heterocycles. The summed E-state index contributed by atoms with van der Waals surface area (Å²) >= 11 is 4.97. The van der Waals surface area contributed by atoms with E-state index in [1.54, 1.807) is 13.2 Å². The Labute approximate surface area is 114 Å². The Morgan fingerprint density at radius 3 is 2.33 bits per heavy atom. The van der Waals surface area contributed by atoms with E-state index in [-0.39, 0.29) is 5.41 Å². The number of nitrogens with two attached hydrogens (primary N) is 1. The molecule has 0 radical (unpaired) electrons. The second-order valence-electron chi connectivity index (χ2n) is 5.42. The number of thiocarbonyl (C=S) groups is 1. The van der Waals surface area contributed by atoms with Gasteiger partial charge < -0.3 is 15.2 Å². The van der Waals surface area contributed by atoms with Crippen LogP contribution >= 0.6 is 12.2 Å². The van der Waals surface area contributed by atoms with Gasteiger partial charge in [0, 0.05) is 11.6 Å². The van der Waals surface area contributed by atoms with Gasteiger partial charge in [0.25, 0.3) is 0 Å². The number of benzene rings is 1. The second-order valence-corrected chi connectivity index (χ2v) is 5.86. The van der Waals surface area contributed by atoms with Crippen LogP contribution in [-0.2, 0) is 0 Å². The summed E-state index contributed by atoms with van der Waals surface area (Å²) in [5.41, 5.74) is 6.64. The zero-order valence-electron chi connectivity index (χ0n) is 11.4. The molecule has 0 fully saturated rings. The van der Waals surface area contributed by atoms with Gasteiger partial charge >= 0.3 is 0 Å². The highest BCUT2D eigenvalue weighted by Crippen LogP contribution is 2.24. The third-order valence-electron chi connectivity index (χ3n) is 2.52. The summed E-state index contributed by atoms with van der Waals surface area (Å²) in [6.45, 7) is 7.21. The first-order chi connectivity index (χ1) is 8.31. The SMILES string of the molecule is COc1cc(OCCC(C)(C)C)cc(C(N)=S)c1. The summed E-state index contributed by atoms with van der Waals surface area (Å²) in [6.07, 6.45) is 0.979. The van der Waals surface area contributed by atoms with Crippen LogP contribution in [0.1, 0.15) is 32.8 Å². The predicted molar refractivity (Wildman–Crippen MR) is 78.4 cm³/mol. The van der Waals surface area contributed by atoms with Gasteiger partial charge in [0.15, 0.2) is 0 Å². The lowest BCUT2D eigenvalue weighted by atomic mass is 9.93. The van der Waals surface area contributed by atoms with Crippen LogP contribution < -0.4 is 15.2 Å². The lowest BCUT2D eigenvalue weighted by molar-refractivity contribution is 0.242. The molecular weight excluding hydrogens is 246 g/mol. The van der Waals surface area contributed by atoms with Crippen molar-refractivity contribution in [2.45, 2.75) is 27.2 Å². The molecule has 0 aliphatic heterocycles. The first-order valence-corrected chi connectivity index (χ1v) is 6.34. The van der Waals surface area contributed by atoms with Gasteiger partial charge in [-0.15, -0.1) is 0 Å². The third kappa shape index (κ3) is 4.92. The summed E-state index contributed by atoms with van der Waals surface area (Å²) < 4.78 is 10.9. The van der Waals surface area contributed by atoms with E-state index in [1.807, 2.05) is 12.1 Å². The van der Waals surface area contributed by atoms with Crippen LogP contribution in [0, 0.1) is 5.41 Å². The summed E-state index contributed by atoms with van der Waals surface area (Å²) in [7, 11) is 1.61. The van der Waals surface area contributed by atoms with Crippen molar-refractivity contribution < 1.29 is 9.47 Å². The largest absolute Gasteiger partial charge is 0.497 e. The van der Waals surface area contributed by atoms with Crippen molar-refractivity contribution >= 4 is 17.2 Å². The number of ether oxygens (including phenoxy) is 2. The van der Waals surface area contributed by atoms with Crippen molar-refractivity contribution in [2.75, 3.05) is 13.7 Å². The molecular formula is C14H21NO2S. The molecule has 2 N–H and O–H groups in total. The fourth-order valence-corrected chi connectivity index (χ4v) is 1.51. The maximum atomic E-state index is 5.72. The molecule has 18 heavy (non-hydrogen) atoms. The average Bonchev–Trinajstić information content (AvgIpc) is 2.26. The zero-order chi connectivity index (χ0) is 13.8. The average molecular weight is 267 g/mol. The number of hydrogen-bond donors (Lipinski definition) is 1. The fraction of sp³-hybridized carbons (Fsp3) is 0.500. The molecule has 1 aromatic rings. The Kier molecular flexibility index (Phi) is 4.96. The molecule has 0 aliphatic rings. The minimum absolute atomic E-state index is 0.255. The van der Waals surface area contributed by atoms with Crippen molar-refractivity contribution in [3.05, 3.63) is 23.8 Å². The van der Waals surface area contributed by atoms with E-state index in [0.717, 1.165) is 17.7 Å². The van der Waals surface area contributed by atoms with Crippen LogP contribution in [0.5, 0.6) is 11.5 Å². The molecule has 1 aromatic carbocycles. The highest BCUT2D eigenvalue weighted by atomic mass is 32.1. The van der Waals surface area contributed by atoms with E-state index in [0.29, 0.717) is 17.3 Å². The number of rotatable bonds is 5. The third-order valence-corrected chi connectivity index (χ3v) is 2.76. The Bertz CT molecular complexity index is 424. The molecule has 0 bridgehead atoms. The van der Waals surface area contributed by atoms with Gasteiger partial charge in [0.2, 0.25) is 0 Å². The standard InChI is InChI=1S/C14H21NO2S/c1-14(2,3)5-6-17-12-8-10(13(15)18)7-11(9-12)16-4/h7-9H,5-6H2,1-4H3,(H2,15,18). The molecule has 0 aliphatic carbocycles. The van der Waals surface area contributed by atoms with Gasteiger partial charge in [-0.3, -0.25) is 0 Å². The molecule has 0 saturated carbocycles. The zero-order valence-corrected chi connectivity index (χ0v) is 12.3. The van der Waals surface area contributed by atoms with Gasteiger partial charge in [0.1, 0.15) is 16.5 Å². The van der Waals surface area contributed by atoms with Crippen LogP contribution in [0.2, 0.25) is 0 Å². The van der Waals surface area contributed by atoms with Crippen LogP contribution in [0.3, 0.4) is 0 Å². The molecule has 0 heterocycles. The second kappa shape index (κ2) is 6.05. The summed E-state index contributed by atoms with van der Waals surface area (Å²) in [6, 6.07) is 5.48. The van der Waals surface area contributed by atoms with Crippen LogP contribution in [0.25, 0.3) is 0 Å². The quantitative estimate of drug-likeness (QED) is 0.832. The maximum absolute atomic E-state index is 5.72. The molecule has 0 saturated heterocycles. The van der Waals surface area contributed by atoms with Gasteiger partial charge in [-0.25, -0.2) is 0 Å². The molecule has 4 heteroatoms. The van der Waals surface area contributed by atoms with E-state index in [1.165, 1.54) is 0 Å². The molecule has 0 spiro atoms. The number of methoxy groups -OCH3 is 1. The highest BCUT2D eigenvalue weighted by Gasteiger charge is 2.11. The first-order valence-electron chi connectivity index (χ1n) is 5.93. The summed E-state index contributed by atoms with van der Waals surface area (Å²) in [5, 5.41) is 0. The first kappa shape index (κ1) is 14.8.